The number of fused-ring (bicyclic) bond motifs is 1. The van der Waals surface area contributed by atoms with Gasteiger partial charge in [0.1, 0.15) is 5.82 Å². The lowest BCUT2D eigenvalue weighted by molar-refractivity contribution is 0.101. The summed E-state index contributed by atoms with van der Waals surface area (Å²) in [6.07, 6.45) is 3.91. The van der Waals surface area contributed by atoms with Crippen LogP contribution in [0.5, 0.6) is 0 Å². The van der Waals surface area contributed by atoms with Crippen molar-refractivity contribution in [3.8, 4) is 0 Å². The van der Waals surface area contributed by atoms with Gasteiger partial charge >= 0.3 is 0 Å². The van der Waals surface area contributed by atoms with Crippen LogP contribution in [0, 0.1) is 6.92 Å². The summed E-state index contributed by atoms with van der Waals surface area (Å²) in [4.78, 5) is 16.4. The van der Waals surface area contributed by atoms with Gasteiger partial charge in [-0.25, -0.2) is 4.98 Å². The summed E-state index contributed by atoms with van der Waals surface area (Å²) in [5.41, 5.74) is 6.10. The van der Waals surface area contributed by atoms with Crippen LogP contribution in [0.2, 0.25) is 0 Å². The third kappa shape index (κ3) is 4.07. The van der Waals surface area contributed by atoms with Crippen LogP contribution in [-0.2, 0) is 0 Å². The number of benzene rings is 2. The number of carbonyl (C=O) groups excluding carboxylic acids is 1. The lowest BCUT2D eigenvalue weighted by atomic mass is 10.1. The number of aryl methyl sites for hydroxylation is 1. The number of rotatable bonds is 6. The number of Topliss-reactive ketones (excluding diaryl/α,β-unsaturated/α-hetero) is 1. The van der Waals surface area contributed by atoms with Crippen LogP contribution >= 0.6 is 0 Å². The van der Waals surface area contributed by atoms with Gasteiger partial charge in [0, 0.05) is 29.4 Å². The highest BCUT2D eigenvalue weighted by atomic mass is 16.1. The summed E-state index contributed by atoms with van der Waals surface area (Å²) in [6.45, 7) is 3.61. The molecule has 2 aromatic carbocycles. The maximum Gasteiger partial charge on any atom is 0.161 e. The van der Waals surface area contributed by atoms with Gasteiger partial charge in [-0.3, -0.25) is 9.89 Å². The van der Waals surface area contributed by atoms with Gasteiger partial charge in [-0.15, -0.1) is 0 Å². The second-order valence-electron chi connectivity index (χ2n) is 7.13. The fourth-order valence-corrected chi connectivity index (χ4v) is 3.37. The highest BCUT2D eigenvalue weighted by Crippen LogP contribution is 2.26. The zero-order chi connectivity index (χ0) is 21.1. The van der Waals surface area contributed by atoms with Crippen molar-refractivity contribution >= 4 is 46.0 Å². The Morgan fingerprint density at radius 1 is 1.07 bits per heavy atom. The first kappa shape index (κ1) is 19.4. The Balaban J connectivity index is 1.60. The third-order valence-corrected chi connectivity index (χ3v) is 4.84. The van der Waals surface area contributed by atoms with Gasteiger partial charge in [0.05, 0.1) is 16.9 Å². The van der Waals surface area contributed by atoms with Crippen molar-refractivity contribution < 1.29 is 4.79 Å². The summed E-state index contributed by atoms with van der Waals surface area (Å²) < 4.78 is 0. The summed E-state index contributed by atoms with van der Waals surface area (Å²) in [6, 6.07) is 17.5. The second kappa shape index (κ2) is 8.21. The number of ketones is 1. The molecule has 6 heteroatoms. The minimum Gasteiger partial charge on any atom is -0.373 e. The SMILES string of the molecule is CNc1cc(C)cc(/C=C/c2n[nH]c3cc(Nc4ccccc4C(C)=O)ccc23)n1. The first-order chi connectivity index (χ1) is 14.5. The molecule has 0 fully saturated rings. The predicted octanol–water partition coefficient (Wildman–Crippen LogP) is 5.42. The molecule has 2 heterocycles. The molecule has 0 bridgehead atoms. The molecule has 4 rings (SSSR count). The second-order valence-corrected chi connectivity index (χ2v) is 7.13. The summed E-state index contributed by atoms with van der Waals surface area (Å²) >= 11 is 0. The first-order valence-electron chi connectivity index (χ1n) is 9.73. The highest BCUT2D eigenvalue weighted by molar-refractivity contribution is 6.00. The van der Waals surface area contributed by atoms with Crippen LogP contribution in [0.15, 0.2) is 54.6 Å². The van der Waals surface area contributed by atoms with E-state index >= 15 is 0 Å². The highest BCUT2D eigenvalue weighted by Gasteiger charge is 2.08. The predicted molar refractivity (Wildman–Crippen MR) is 123 cm³/mol. The molecule has 0 saturated carbocycles. The third-order valence-electron chi connectivity index (χ3n) is 4.84. The number of pyridine rings is 1. The summed E-state index contributed by atoms with van der Waals surface area (Å²) in [5, 5.41) is 14.9. The molecular weight excluding hydrogens is 374 g/mol. The van der Waals surface area contributed by atoms with E-state index in [9.17, 15) is 4.79 Å². The van der Waals surface area contributed by atoms with Crippen LogP contribution in [0.25, 0.3) is 23.1 Å². The molecule has 0 aliphatic carbocycles. The number of para-hydroxylation sites is 1. The molecule has 4 aromatic rings. The quantitative estimate of drug-likeness (QED) is 0.378. The zero-order valence-electron chi connectivity index (χ0n) is 17.2. The standard InChI is InChI=1S/C24H23N5O/c1-15-12-17(27-24(13-15)25-3)9-11-22-20-10-8-18(14-23(20)29-28-22)26-21-7-5-4-6-19(21)16(2)30/h4-14,26H,1-3H3,(H,25,27)(H,28,29)/b11-9+. The van der Waals surface area contributed by atoms with Crippen LogP contribution in [0.4, 0.5) is 17.2 Å². The van der Waals surface area contributed by atoms with Crippen molar-refractivity contribution in [2.75, 3.05) is 17.7 Å². The van der Waals surface area contributed by atoms with Crippen molar-refractivity contribution in [2.24, 2.45) is 0 Å². The van der Waals surface area contributed by atoms with Gasteiger partial charge < -0.3 is 10.6 Å². The largest absolute Gasteiger partial charge is 0.373 e. The minimum absolute atomic E-state index is 0.0272. The molecule has 0 spiro atoms. The number of hydrogen-bond acceptors (Lipinski definition) is 5. The Labute approximate surface area is 175 Å². The number of hydrogen-bond donors (Lipinski definition) is 3. The molecule has 0 saturated heterocycles. The van der Waals surface area contributed by atoms with E-state index in [0.29, 0.717) is 5.56 Å². The lowest BCUT2D eigenvalue weighted by Gasteiger charge is -2.10. The lowest BCUT2D eigenvalue weighted by Crippen LogP contribution is -1.99. The molecule has 0 radical (unpaired) electrons. The maximum atomic E-state index is 11.8. The van der Waals surface area contributed by atoms with Crippen LogP contribution < -0.4 is 10.6 Å². The molecular formula is C24H23N5O. The van der Waals surface area contributed by atoms with E-state index < -0.39 is 0 Å². The molecule has 150 valence electrons. The number of nitrogens with zero attached hydrogens (tertiary/aromatic N) is 2. The van der Waals surface area contributed by atoms with Gasteiger partial charge in [0.25, 0.3) is 0 Å². The monoisotopic (exact) mass is 397 g/mol. The van der Waals surface area contributed by atoms with Gasteiger partial charge in [-0.2, -0.15) is 5.10 Å². The maximum absolute atomic E-state index is 11.8. The molecule has 3 N–H and O–H groups in total. The molecule has 0 atom stereocenters. The summed E-state index contributed by atoms with van der Waals surface area (Å²) in [5.74, 6) is 0.863. The van der Waals surface area contributed by atoms with E-state index in [1.54, 1.807) is 6.92 Å². The molecule has 2 aromatic heterocycles. The van der Waals surface area contributed by atoms with Crippen LogP contribution in [-0.4, -0.2) is 28.0 Å². The average molecular weight is 397 g/mol. The Hall–Kier alpha value is -3.93. The zero-order valence-corrected chi connectivity index (χ0v) is 17.2. The van der Waals surface area contributed by atoms with E-state index in [4.69, 9.17) is 0 Å². The first-order valence-corrected chi connectivity index (χ1v) is 9.73. The molecule has 0 amide bonds. The normalized spacial score (nSPS) is 11.2. The van der Waals surface area contributed by atoms with Crippen LogP contribution in [0.3, 0.4) is 0 Å². The van der Waals surface area contributed by atoms with Gasteiger partial charge in [0.15, 0.2) is 5.78 Å². The number of anilines is 3. The van der Waals surface area contributed by atoms with E-state index in [1.165, 1.54) is 0 Å². The Morgan fingerprint density at radius 3 is 2.70 bits per heavy atom. The number of nitrogens with one attached hydrogen (secondary N) is 3. The Morgan fingerprint density at radius 2 is 1.90 bits per heavy atom. The van der Waals surface area contributed by atoms with Gasteiger partial charge in [-0.05, 0) is 74.0 Å². The summed E-state index contributed by atoms with van der Waals surface area (Å²) in [7, 11) is 1.86. The number of aromatic nitrogens is 3. The number of H-pyrrole nitrogens is 1. The average Bonchev–Trinajstić information content (AvgIpc) is 3.14. The van der Waals surface area contributed by atoms with E-state index in [2.05, 4.69) is 25.8 Å². The van der Waals surface area contributed by atoms with Crippen molar-refractivity contribution in [3.63, 3.8) is 0 Å². The minimum atomic E-state index is 0.0272. The van der Waals surface area contributed by atoms with Crippen molar-refractivity contribution in [1.82, 2.24) is 15.2 Å². The van der Waals surface area contributed by atoms with E-state index in [1.807, 2.05) is 80.7 Å². The fraction of sp³-hybridized carbons (Fsp3) is 0.125. The smallest absolute Gasteiger partial charge is 0.161 e. The number of carbonyl (C=O) groups is 1. The molecule has 0 unspecified atom stereocenters. The Kier molecular flexibility index (Phi) is 5.30. The van der Waals surface area contributed by atoms with E-state index in [0.717, 1.165) is 45.0 Å². The van der Waals surface area contributed by atoms with Gasteiger partial charge in [0.2, 0.25) is 0 Å². The van der Waals surface area contributed by atoms with Gasteiger partial charge in [-0.1, -0.05) is 12.1 Å². The Bertz CT molecular complexity index is 1260. The fourth-order valence-electron chi connectivity index (χ4n) is 3.37. The van der Waals surface area contributed by atoms with E-state index in [-0.39, 0.29) is 5.78 Å². The number of aromatic amines is 1. The van der Waals surface area contributed by atoms with Crippen molar-refractivity contribution in [3.05, 3.63) is 77.1 Å². The molecule has 6 nitrogen and oxygen atoms in total. The van der Waals surface area contributed by atoms with Crippen molar-refractivity contribution in [1.29, 1.82) is 0 Å². The molecule has 30 heavy (non-hydrogen) atoms. The molecule has 0 aliphatic heterocycles. The van der Waals surface area contributed by atoms with Crippen molar-refractivity contribution in [2.45, 2.75) is 13.8 Å². The van der Waals surface area contributed by atoms with Crippen LogP contribution in [0.1, 0.15) is 34.2 Å². The molecule has 0 aliphatic rings. The topological polar surface area (TPSA) is 82.7 Å².